The van der Waals surface area contributed by atoms with Crippen LogP contribution in [0.1, 0.15) is 33.3 Å². The second-order valence-corrected chi connectivity index (χ2v) is 11.5. The topological polar surface area (TPSA) is 114 Å². The number of hydrogen-bond acceptors (Lipinski definition) is 7. The fourth-order valence-electron chi connectivity index (χ4n) is 3.58. The van der Waals surface area contributed by atoms with Crippen LogP contribution in [0.4, 0.5) is 5.69 Å². The maximum Gasteiger partial charge on any atom is 0.244 e. The minimum Gasteiger partial charge on any atom is -0.497 e. The van der Waals surface area contributed by atoms with Crippen molar-refractivity contribution in [2.24, 2.45) is 0 Å². The number of ether oxygens (including phenoxy) is 3. The van der Waals surface area contributed by atoms with E-state index in [1.807, 2.05) is 20.8 Å². The lowest BCUT2D eigenvalue weighted by atomic mass is 10.1. The Morgan fingerprint density at radius 2 is 1.54 bits per heavy atom. The number of sulfonamides is 1. The van der Waals surface area contributed by atoms with Crippen LogP contribution in [0, 0.1) is 0 Å². The Labute approximate surface area is 219 Å². The highest BCUT2D eigenvalue weighted by Crippen LogP contribution is 2.32. The van der Waals surface area contributed by atoms with Gasteiger partial charge < -0.3 is 24.4 Å². The number of carbonyl (C=O) groups excluding carboxylic acids is 2. The number of methoxy groups -OCH3 is 3. The predicted octanol–water partition coefficient (Wildman–Crippen LogP) is 2.81. The summed E-state index contributed by atoms with van der Waals surface area (Å²) in [6.07, 6.45) is 1.01. The summed E-state index contributed by atoms with van der Waals surface area (Å²) in [4.78, 5) is 28.0. The first-order valence-electron chi connectivity index (χ1n) is 11.6. The SMILES string of the molecule is COc1ccc(CN(C(=O)CN(c2ccc(OC)c(OC)c2)S(C)(=O)=O)[C@H](C)C(=O)NC(C)(C)C)cc1. The van der Waals surface area contributed by atoms with Crippen LogP contribution in [0.25, 0.3) is 0 Å². The molecule has 2 rings (SSSR count). The molecule has 0 unspecified atom stereocenters. The molecule has 0 saturated heterocycles. The highest BCUT2D eigenvalue weighted by atomic mass is 32.2. The van der Waals surface area contributed by atoms with Crippen molar-refractivity contribution in [2.75, 3.05) is 38.4 Å². The van der Waals surface area contributed by atoms with E-state index in [4.69, 9.17) is 14.2 Å². The summed E-state index contributed by atoms with van der Waals surface area (Å²) in [6, 6.07) is 10.8. The van der Waals surface area contributed by atoms with Crippen molar-refractivity contribution < 1.29 is 32.2 Å². The normalized spacial score (nSPS) is 12.3. The van der Waals surface area contributed by atoms with Gasteiger partial charge in [-0.1, -0.05) is 12.1 Å². The van der Waals surface area contributed by atoms with E-state index in [0.717, 1.165) is 16.1 Å². The second kappa shape index (κ2) is 12.2. The lowest BCUT2D eigenvalue weighted by Crippen LogP contribution is -2.54. The molecule has 2 amide bonds. The van der Waals surface area contributed by atoms with Crippen molar-refractivity contribution >= 4 is 27.5 Å². The van der Waals surface area contributed by atoms with Gasteiger partial charge in [0.1, 0.15) is 18.3 Å². The summed E-state index contributed by atoms with van der Waals surface area (Å²) in [5.74, 6) is 0.476. The van der Waals surface area contributed by atoms with Gasteiger partial charge in [0.25, 0.3) is 0 Å². The Bertz CT molecular complexity index is 1190. The minimum atomic E-state index is -3.88. The molecule has 0 saturated carbocycles. The summed E-state index contributed by atoms with van der Waals surface area (Å²) in [7, 11) is 0.581. The Morgan fingerprint density at radius 1 is 0.946 bits per heavy atom. The van der Waals surface area contributed by atoms with E-state index in [1.54, 1.807) is 44.4 Å². The summed E-state index contributed by atoms with van der Waals surface area (Å²) >= 11 is 0. The van der Waals surface area contributed by atoms with Gasteiger partial charge in [-0.15, -0.1) is 0 Å². The highest BCUT2D eigenvalue weighted by molar-refractivity contribution is 7.92. The van der Waals surface area contributed by atoms with Crippen LogP contribution >= 0.6 is 0 Å². The Kier molecular flexibility index (Phi) is 9.80. The fraction of sp³-hybridized carbons (Fsp3) is 0.462. The second-order valence-electron chi connectivity index (χ2n) is 9.59. The van der Waals surface area contributed by atoms with E-state index in [2.05, 4.69) is 5.32 Å². The van der Waals surface area contributed by atoms with Gasteiger partial charge in [0.05, 0.1) is 33.3 Å². The van der Waals surface area contributed by atoms with Crippen LogP contribution in [-0.2, 0) is 26.2 Å². The summed E-state index contributed by atoms with van der Waals surface area (Å²) in [6.45, 7) is 6.72. The van der Waals surface area contributed by atoms with Crippen LogP contribution in [0.3, 0.4) is 0 Å². The largest absolute Gasteiger partial charge is 0.497 e. The van der Waals surface area contributed by atoms with E-state index in [-0.39, 0.29) is 18.1 Å². The van der Waals surface area contributed by atoms with Crippen LogP contribution < -0.4 is 23.8 Å². The van der Waals surface area contributed by atoms with Gasteiger partial charge in [-0.3, -0.25) is 13.9 Å². The third-order valence-electron chi connectivity index (χ3n) is 5.51. The molecule has 2 aromatic rings. The number of rotatable bonds is 11. The van der Waals surface area contributed by atoms with Gasteiger partial charge in [-0.05, 0) is 57.5 Å². The molecular formula is C26H37N3O7S. The molecule has 11 heteroatoms. The smallest absolute Gasteiger partial charge is 0.244 e. The quantitative estimate of drug-likeness (QED) is 0.471. The van der Waals surface area contributed by atoms with Crippen LogP contribution in [0.5, 0.6) is 17.2 Å². The molecule has 0 aliphatic rings. The van der Waals surface area contributed by atoms with Gasteiger partial charge in [0.15, 0.2) is 11.5 Å². The average Bonchev–Trinajstić information content (AvgIpc) is 2.83. The minimum absolute atomic E-state index is 0.0884. The standard InChI is InChI=1S/C26H37N3O7S/c1-18(25(31)27-26(2,3)4)28(16-19-9-12-21(34-5)13-10-19)24(30)17-29(37(8,32)33)20-11-14-22(35-6)23(15-20)36-7/h9-15,18H,16-17H2,1-8H3,(H,27,31)/t18-/m1/s1. The number of nitrogens with zero attached hydrogens (tertiary/aromatic N) is 2. The number of nitrogens with one attached hydrogen (secondary N) is 1. The van der Waals surface area contributed by atoms with Crippen molar-refractivity contribution in [3.8, 4) is 17.2 Å². The van der Waals surface area contributed by atoms with Crippen molar-refractivity contribution in [2.45, 2.75) is 45.8 Å². The molecule has 10 nitrogen and oxygen atoms in total. The number of anilines is 1. The molecule has 204 valence electrons. The number of hydrogen-bond donors (Lipinski definition) is 1. The molecule has 0 heterocycles. The zero-order chi connectivity index (χ0) is 28.0. The highest BCUT2D eigenvalue weighted by Gasteiger charge is 2.31. The lowest BCUT2D eigenvalue weighted by molar-refractivity contribution is -0.140. The summed E-state index contributed by atoms with van der Waals surface area (Å²) < 4.78 is 42.2. The Morgan fingerprint density at radius 3 is 2.03 bits per heavy atom. The first-order valence-corrected chi connectivity index (χ1v) is 13.5. The van der Waals surface area contributed by atoms with Gasteiger partial charge in [0.2, 0.25) is 21.8 Å². The number of carbonyl (C=O) groups is 2. The van der Waals surface area contributed by atoms with Gasteiger partial charge in [-0.25, -0.2) is 8.42 Å². The molecule has 0 radical (unpaired) electrons. The molecule has 0 aliphatic carbocycles. The maximum absolute atomic E-state index is 13.6. The molecule has 1 N–H and O–H groups in total. The molecule has 2 aromatic carbocycles. The predicted molar refractivity (Wildman–Crippen MR) is 143 cm³/mol. The Hall–Kier alpha value is -3.47. The summed E-state index contributed by atoms with van der Waals surface area (Å²) in [5.41, 5.74) is 0.463. The number of amides is 2. The van der Waals surface area contributed by atoms with Gasteiger partial charge >= 0.3 is 0 Å². The van der Waals surface area contributed by atoms with Crippen molar-refractivity contribution in [1.29, 1.82) is 0 Å². The van der Waals surface area contributed by atoms with E-state index >= 15 is 0 Å². The van der Waals surface area contributed by atoms with Crippen molar-refractivity contribution in [1.82, 2.24) is 10.2 Å². The molecular weight excluding hydrogens is 498 g/mol. The molecule has 0 spiro atoms. The zero-order valence-corrected chi connectivity index (χ0v) is 23.5. The van der Waals surface area contributed by atoms with Gasteiger partial charge in [0, 0.05) is 18.2 Å². The van der Waals surface area contributed by atoms with E-state index in [0.29, 0.717) is 17.2 Å². The molecule has 0 fully saturated rings. The van der Waals surface area contributed by atoms with E-state index in [1.165, 1.54) is 31.3 Å². The Balaban J connectivity index is 2.45. The molecule has 37 heavy (non-hydrogen) atoms. The molecule has 0 aliphatic heterocycles. The monoisotopic (exact) mass is 535 g/mol. The van der Waals surface area contributed by atoms with Crippen molar-refractivity contribution in [3.05, 3.63) is 48.0 Å². The third-order valence-corrected chi connectivity index (χ3v) is 6.65. The van der Waals surface area contributed by atoms with Crippen LogP contribution in [0.2, 0.25) is 0 Å². The number of benzene rings is 2. The van der Waals surface area contributed by atoms with Crippen LogP contribution in [0.15, 0.2) is 42.5 Å². The average molecular weight is 536 g/mol. The maximum atomic E-state index is 13.6. The lowest BCUT2D eigenvalue weighted by Gasteiger charge is -2.33. The fourth-order valence-corrected chi connectivity index (χ4v) is 4.42. The van der Waals surface area contributed by atoms with Crippen LogP contribution in [-0.4, -0.2) is 70.8 Å². The first-order chi connectivity index (χ1) is 17.2. The molecule has 0 aromatic heterocycles. The first kappa shape index (κ1) is 29.8. The van der Waals surface area contributed by atoms with Gasteiger partial charge in [-0.2, -0.15) is 0 Å². The third kappa shape index (κ3) is 8.28. The van der Waals surface area contributed by atoms with E-state index in [9.17, 15) is 18.0 Å². The zero-order valence-electron chi connectivity index (χ0n) is 22.7. The summed E-state index contributed by atoms with van der Waals surface area (Å²) in [5, 5.41) is 2.89. The molecule has 0 bridgehead atoms. The van der Waals surface area contributed by atoms with E-state index < -0.39 is 34.1 Å². The van der Waals surface area contributed by atoms with Crippen molar-refractivity contribution in [3.63, 3.8) is 0 Å². The molecule has 1 atom stereocenters.